The third-order valence-electron chi connectivity index (χ3n) is 3.89. The quantitative estimate of drug-likeness (QED) is 0.901. The largest absolute Gasteiger partial charge is 0.454 e. The number of benzene rings is 1. The van der Waals surface area contributed by atoms with Crippen molar-refractivity contribution in [1.82, 2.24) is 9.88 Å². The summed E-state index contributed by atoms with van der Waals surface area (Å²) in [4.78, 5) is 18.4. The van der Waals surface area contributed by atoms with Crippen molar-refractivity contribution in [3.8, 4) is 11.5 Å². The zero-order valence-corrected chi connectivity index (χ0v) is 14.2. The van der Waals surface area contributed by atoms with Gasteiger partial charge in [-0.05, 0) is 43.8 Å². The SMILES string of the molecule is CC(C(=O)Nc1ccc(Cl)cn1)N(C)Cc1ccc2c(c1)OCO2. The highest BCUT2D eigenvalue weighted by molar-refractivity contribution is 6.30. The summed E-state index contributed by atoms with van der Waals surface area (Å²) in [7, 11) is 1.89. The molecule has 1 unspecified atom stereocenters. The molecule has 1 aromatic heterocycles. The molecule has 0 saturated carbocycles. The molecule has 1 amide bonds. The lowest BCUT2D eigenvalue weighted by atomic mass is 10.1. The number of fused-ring (bicyclic) bond motifs is 1. The highest BCUT2D eigenvalue weighted by Crippen LogP contribution is 2.32. The van der Waals surface area contributed by atoms with Gasteiger partial charge in [-0.2, -0.15) is 0 Å². The molecule has 0 saturated heterocycles. The summed E-state index contributed by atoms with van der Waals surface area (Å²) in [6, 6.07) is 8.82. The highest BCUT2D eigenvalue weighted by Gasteiger charge is 2.20. The molecule has 0 spiro atoms. The fraction of sp³-hybridized carbons (Fsp3) is 0.294. The fourth-order valence-corrected chi connectivity index (χ4v) is 2.46. The zero-order valence-electron chi connectivity index (χ0n) is 13.5. The molecule has 1 aliphatic rings. The minimum absolute atomic E-state index is 0.131. The number of likely N-dealkylation sites (N-methyl/N-ethyl adjacent to an activating group) is 1. The molecule has 126 valence electrons. The van der Waals surface area contributed by atoms with E-state index in [2.05, 4.69) is 10.3 Å². The van der Waals surface area contributed by atoms with Gasteiger partial charge in [0.1, 0.15) is 5.82 Å². The number of pyridine rings is 1. The van der Waals surface area contributed by atoms with Gasteiger partial charge in [-0.15, -0.1) is 0 Å². The fourth-order valence-electron chi connectivity index (χ4n) is 2.34. The van der Waals surface area contributed by atoms with Gasteiger partial charge in [0.15, 0.2) is 11.5 Å². The van der Waals surface area contributed by atoms with Gasteiger partial charge in [0, 0.05) is 12.7 Å². The number of carbonyl (C=O) groups is 1. The monoisotopic (exact) mass is 347 g/mol. The van der Waals surface area contributed by atoms with E-state index in [0.29, 0.717) is 17.4 Å². The van der Waals surface area contributed by atoms with E-state index < -0.39 is 0 Å². The second kappa shape index (κ2) is 7.07. The van der Waals surface area contributed by atoms with Crippen molar-refractivity contribution in [2.75, 3.05) is 19.2 Å². The number of nitrogens with one attached hydrogen (secondary N) is 1. The molecule has 1 N–H and O–H groups in total. The van der Waals surface area contributed by atoms with Crippen molar-refractivity contribution < 1.29 is 14.3 Å². The first-order valence-corrected chi connectivity index (χ1v) is 7.92. The van der Waals surface area contributed by atoms with Crippen LogP contribution in [0.2, 0.25) is 5.02 Å². The number of halogens is 1. The van der Waals surface area contributed by atoms with Crippen molar-refractivity contribution in [2.45, 2.75) is 19.5 Å². The lowest BCUT2D eigenvalue weighted by molar-refractivity contribution is -0.120. The van der Waals surface area contributed by atoms with Gasteiger partial charge in [0.2, 0.25) is 12.7 Å². The van der Waals surface area contributed by atoms with E-state index in [0.717, 1.165) is 17.1 Å². The maximum Gasteiger partial charge on any atom is 0.242 e. The van der Waals surface area contributed by atoms with Gasteiger partial charge in [-0.1, -0.05) is 17.7 Å². The van der Waals surface area contributed by atoms with Crippen LogP contribution in [0.4, 0.5) is 5.82 Å². The van der Waals surface area contributed by atoms with E-state index in [1.54, 1.807) is 12.1 Å². The van der Waals surface area contributed by atoms with Crippen LogP contribution in [-0.2, 0) is 11.3 Å². The Morgan fingerprint density at radius 1 is 1.33 bits per heavy atom. The predicted molar refractivity (Wildman–Crippen MR) is 91.4 cm³/mol. The van der Waals surface area contributed by atoms with Gasteiger partial charge >= 0.3 is 0 Å². The Bertz CT molecular complexity index is 736. The third-order valence-corrected chi connectivity index (χ3v) is 4.11. The number of anilines is 1. The standard InChI is InChI=1S/C17H18ClN3O3/c1-11(17(22)20-16-6-4-13(18)8-19-16)21(2)9-12-3-5-14-15(7-12)24-10-23-14/h3-8,11H,9-10H2,1-2H3,(H,19,20,22). The molecular weight excluding hydrogens is 330 g/mol. The molecule has 3 rings (SSSR count). The summed E-state index contributed by atoms with van der Waals surface area (Å²) in [5.74, 6) is 1.84. The Morgan fingerprint density at radius 3 is 2.88 bits per heavy atom. The molecule has 0 fully saturated rings. The van der Waals surface area contributed by atoms with Crippen LogP contribution >= 0.6 is 11.6 Å². The molecule has 1 atom stereocenters. The van der Waals surface area contributed by atoms with Gasteiger partial charge in [-0.25, -0.2) is 4.98 Å². The molecule has 0 aliphatic carbocycles. The number of carbonyl (C=O) groups excluding carboxylic acids is 1. The number of nitrogens with zero attached hydrogens (tertiary/aromatic N) is 2. The van der Waals surface area contributed by atoms with Crippen LogP contribution in [0.1, 0.15) is 12.5 Å². The average Bonchev–Trinajstić information content (AvgIpc) is 3.03. The second-order valence-electron chi connectivity index (χ2n) is 5.63. The van der Waals surface area contributed by atoms with Gasteiger partial charge in [0.25, 0.3) is 0 Å². The van der Waals surface area contributed by atoms with E-state index in [1.165, 1.54) is 6.20 Å². The second-order valence-corrected chi connectivity index (χ2v) is 6.07. The molecule has 24 heavy (non-hydrogen) atoms. The highest BCUT2D eigenvalue weighted by atomic mass is 35.5. The average molecular weight is 348 g/mol. The topological polar surface area (TPSA) is 63.7 Å². The van der Waals surface area contributed by atoms with E-state index in [-0.39, 0.29) is 18.7 Å². The number of aromatic nitrogens is 1. The first kappa shape index (κ1) is 16.5. The van der Waals surface area contributed by atoms with Crippen LogP contribution in [0.3, 0.4) is 0 Å². The molecule has 1 aliphatic heterocycles. The van der Waals surface area contributed by atoms with E-state index in [1.807, 2.05) is 37.1 Å². The lowest BCUT2D eigenvalue weighted by Gasteiger charge is -2.23. The molecule has 0 radical (unpaired) electrons. The minimum Gasteiger partial charge on any atom is -0.454 e. The van der Waals surface area contributed by atoms with E-state index in [9.17, 15) is 4.79 Å². The van der Waals surface area contributed by atoms with Crippen LogP contribution in [0, 0.1) is 0 Å². The number of hydrogen-bond acceptors (Lipinski definition) is 5. The summed E-state index contributed by atoms with van der Waals surface area (Å²) in [6.07, 6.45) is 1.50. The van der Waals surface area contributed by atoms with Crippen molar-refractivity contribution in [3.05, 3.63) is 47.1 Å². The summed E-state index contributed by atoms with van der Waals surface area (Å²) < 4.78 is 10.7. The predicted octanol–water partition coefficient (Wildman–Crippen LogP) is 2.92. The van der Waals surface area contributed by atoms with Crippen LogP contribution in [0.25, 0.3) is 0 Å². The maximum atomic E-state index is 12.3. The summed E-state index contributed by atoms with van der Waals surface area (Å²) >= 11 is 5.79. The molecule has 2 aromatic rings. The first-order chi connectivity index (χ1) is 11.5. The lowest BCUT2D eigenvalue weighted by Crippen LogP contribution is -2.39. The molecule has 1 aromatic carbocycles. The Hall–Kier alpha value is -2.31. The number of hydrogen-bond donors (Lipinski definition) is 1. The first-order valence-electron chi connectivity index (χ1n) is 7.54. The Morgan fingerprint density at radius 2 is 2.12 bits per heavy atom. The smallest absolute Gasteiger partial charge is 0.242 e. The third kappa shape index (κ3) is 3.77. The summed E-state index contributed by atoms with van der Waals surface area (Å²) in [5.41, 5.74) is 1.05. The van der Waals surface area contributed by atoms with Crippen LogP contribution < -0.4 is 14.8 Å². The molecule has 0 bridgehead atoms. The van der Waals surface area contributed by atoms with E-state index >= 15 is 0 Å². The summed E-state index contributed by atoms with van der Waals surface area (Å²) in [6.45, 7) is 2.71. The van der Waals surface area contributed by atoms with Gasteiger partial charge < -0.3 is 14.8 Å². The minimum atomic E-state index is -0.326. The van der Waals surface area contributed by atoms with Crippen molar-refractivity contribution >= 4 is 23.3 Å². The summed E-state index contributed by atoms with van der Waals surface area (Å²) in [5, 5.41) is 3.31. The van der Waals surface area contributed by atoms with Gasteiger partial charge in [0.05, 0.1) is 11.1 Å². The van der Waals surface area contributed by atoms with E-state index in [4.69, 9.17) is 21.1 Å². The van der Waals surface area contributed by atoms with Crippen LogP contribution in [0.15, 0.2) is 36.5 Å². The Balaban J connectivity index is 1.60. The zero-order chi connectivity index (χ0) is 17.1. The molecule has 6 nitrogen and oxygen atoms in total. The maximum absolute atomic E-state index is 12.3. The van der Waals surface area contributed by atoms with Crippen LogP contribution in [0.5, 0.6) is 11.5 Å². The number of amides is 1. The van der Waals surface area contributed by atoms with Crippen molar-refractivity contribution in [1.29, 1.82) is 0 Å². The van der Waals surface area contributed by atoms with Crippen molar-refractivity contribution in [2.24, 2.45) is 0 Å². The van der Waals surface area contributed by atoms with Crippen molar-refractivity contribution in [3.63, 3.8) is 0 Å². The normalized spacial score (nSPS) is 13.8. The number of rotatable bonds is 5. The Kier molecular flexibility index (Phi) is 4.87. The molecule has 7 heteroatoms. The Labute approximate surface area is 145 Å². The van der Waals surface area contributed by atoms with Gasteiger partial charge in [-0.3, -0.25) is 9.69 Å². The van der Waals surface area contributed by atoms with Crippen LogP contribution in [-0.4, -0.2) is 35.7 Å². The molecule has 2 heterocycles. The molecular formula is C17H18ClN3O3. The number of ether oxygens (including phenoxy) is 2.